The number of piperidine rings is 1. The molecule has 1 aromatic heterocycles. The van der Waals surface area contributed by atoms with Crippen LogP contribution in [0, 0.1) is 0 Å². The van der Waals surface area contributed by atoms with Gasteiger partial charge in [-0.05, 0) is 77.6 Å². The van der Waals surface area contributed by atoms with Crippen LogP contribution in [0.15, 0.2) is 36.5 Å². The van der Waals surface area contributed by atoms with Gasteiger partial charge in [-0.25, -0.2) is 4.98 Å². The molecule has 2 amide bonds. The highest BCUT2D eigenvalue weighted by Crippen LogP contribution is 2.39. The lowest BCUT2D eigenvalue weighted by atomic mass is 9.96. The van der Waals surface area contributed by atoms with Crippen LogP contribution in [0.3, 0.4) is 0 Å². The van der Waals surface area contributed by atoms with Gasteiger partial charge in [0.2, 0.25) is 0 Å². The number of pyridine rings is 1. The van der Waals surface area contributed by atoms with E-state index in [0.29, 0.717) is 33.4 Å². The van der Waals surface area contributed by atoms with Gasteiger partial charge in [-0.15, -0.1) is 0 Å². The van der Waals surface area contributed by atoms with Crippen molar-refractivity contribution in [3.63, 3.8) is 0 Å². The van der Waals surface area contributed by atoms with Gasteiger partial charge in [-0.3, -0.25) is 9.59 Å². The third kappa shape index (κ3) is 5.84. The molecule has 2 bridgehead atoms. The Morgan fingerprint density at radius 3 is 2.34 bits per heavy atom. The van der Waals surface area contributed by atoms with E-state index in [0.717, 1.165) is 31.5 Å². The Hall–Kier alpha value is -2.51. The average Bonchev–Trinajstić information content (AvgIpc) is 3.06. The molecule has 188 valence electrons. The molecule has 2 saturated heterocycles. The second-order valence-electron chi connectivity index (χ2n) is 10.2. The number of rotatable bonds is 7. The van der Waals surface area contributed by atoms with Crippen molar-refractivity contribution in [2.24, 2.45) is 0 Å². The van der Waals surface area contributed by atoms with Crippen molar-refractivity contribution in [2.45, 2.75) is 83.1 Å². The molecule has 2 aliphatic rings. The van der Waals surface area contributed by atoms with Gasteiger partial charge >= 0.3 is 0 Å². The Balaban J connectivity index is 1.37. The number of amides is 2. The van der Waals surface area contributed by atoms with Gasteiger partial charge in [0.05, 0.1) is 15.6 Å². The lowest BCUT2D eigenvalue weighted by molar-refractivity contribution is -0.135. The van der Waals surface area contributed by atoms with E-state index in [4.69, 9.17) is 27.9 Å². The minimum absolute atomic E-state index is 0.0593. The standard InChI is InChI=1S/C26H32Cl2N4O3/c1-15(2)30-24(33)16-5-10-23(29-14-16)32-18-6-7-19(32)12-17(11-18)31-25(34)26(3,4)35-20-8-9-21(27)22(28)13-20/h5,8-10,13-15,17-19H,6-7,11-12H2,1-4H3,(H,30,33)(H,31,34). The number of carbonyl (C=O) groups is 2. The molecule has 2 atom stereocenters. The maximum absolute atomic E-state index is 13.1. The van der Waals surface area contributed by atoms with Crippen molar-refractivity contribution in [2.75, 3.05) is 4.90 Å². The molecule has 2 unspecified atom stereocenters. The summed E-state index contributed by atoms with van der Waals surface area (Å²) in [4.78, 5) is 32.3. The van der Waals surface area contributed by atoms with E-state index in [1.165, 1.54) is 0 Å². The number of halogens is 2. The molecule has 2 aliphatic heterocycles. The van der Waals surface area contributed by atoms with Gasteiger partial charge in [-0.1, -0.05) is 23.2 Å². The first-order valence-corrected chi connectivity index (χ1v) is 12.8. The summed E-state index contributed by atoms with van der Waals surface area (Å²) < 4.78 is 5.95. The van der Waals surface area contributed by atoms with E-state index in [1.54, 1.807) is 38.2 Å². The monoisotopic (exact) mass is 518 g/mol. The summed E-state index contributed by atoms with van der Waals surface area (Å²) in [6.07, 6.45) is 5.42. The van der Waals surface area contributed by atoms with Crippen LogP contribution in [0.1, 0.15) is 63.7 Å². The average molecular weight is 519 g/mol. The van der Waals surface area contributed by atoms with Gasteiger partial charge < -0.3 is 20.3 Å². The van der Waals surface area contributed by atoms with Crippen LogP contribution in [0.4, 0.5) is 5.82 Å². The van der Waals surface area contributed by atoms with Crippen LogP contribution < -0.4 is 20.3 Å². The lowest BCUT2D eigenvalue weighted by Crippen LogP contribution is -2.55. The normalized spacial score (nSPS) is 21.7. The fraction of sp³-hybridized carbons (Fsp3) is 0.500. The molecule has 0 radical (unpaired) electrons. The molecular weight excluding hydrogens is 487 g/mol. The van der Waals surface area contributed by atoms with E-state index < -0.39 is 5.60 Å². The molecule has 35 heavy (non-hydrogen) atoms. The number of aromatic nitrogens is 1. The van der Waals surface area contributed by atoms with Crippen LogP contribution in [-0.4, -0.2) is 46.6 Å². The maximum Gasteiger partial charge on any atom is 0.263 e. The first kappa shape index (κ1) is 25.6. The van der Waals surface area contributed by atoms with Crippen molar-refractivity contribution in [1.82, 2.24) is 15.6 Å². The highest BCUT2D eigenvalue weighted by molar-refractivity contribution is 6.42. The summed E-state index contributed by atoms with van der Waals surface area (Å²) in [5, 5.41) is 6.90. The van der Waals surface area contributed by atoms with Crippen molar-refractivity contribution >= 4 is 40.8 Å². The Kier molecular flexibility index (Phi) is 7.48. The molecule has 2 aromatic rings. The predicted octanol–water partition coefficient (Wildman–Crippen LogP) is 5.00. The summed E-state index contributed by atoms with van der Waals surface area (Å²) in [6, 6.07) is 9.44. The van der Waals surface area contributed by atoms with Crippen molar-refractivity contribution < 1.29 is 14.3 Å². The zero-order valence-corrected chi connectivity index (χ0v) is 22.0. The van der Waals surface area contributed by atoms with E-state index in [2.05, 4.69) is 20.5 Å². The van der Waals surface area contributed by atoms with Crippen LogP contribution in [0.5, 0.6) is 5.75 Å². The third-order valence-electron chi connectivity index (χ3n) is 6.57. The Bertz CT molecular complexity index is 1080. The van der Waals surface area contributed by atoms with Crippen molar-refractivity contribution in [3.8, 4) is 5.75 Å². The summed E-state index contributed by atoms with van der Waals surface area (Å²) >= 11 is 12.1. The predicted molar refractivity (Wildman–Crippen MR) is 138 cm³/mol. The number of nitrogens with zero attached hydrogens (tertiary/aromatic N) is 2. The zero-order chi connectivity index (χ0) is 25.3. The molecule has 2 fully saturated rings. The van der Waals surface area contributed by atoms with E-state index >= 15 is 0 Å². The molecule has 3 heterocycles. The molecule has 0 aliphatic carbocycles. The van der Waals surface area contributed by atoms with E-state index in [-0.39, 0.29) is 23.9 Å². The number of hydrogen-bond acceptors (Lipinski definition) is 5. The minimum Gasteiger partial charge on any atom is -0.478 e. The zero-order valence-electron chi connectivity index (χ0n) is 20.5. The fourth-order valence-electron chi connectivity index (χ4n) is 4.93. The summed E-state index contributed by atoms with van der Waals surface area (Å²) in [7, 11) is 0. The quantitative estimate of drug-likeness (QED) is 0.538. The van der Waals surface area contributed by atoms with Gasteiger partial charge in [0, 0.05) is 36.4 Å². The van der Waals surface area contributed by atoms with Crippen LogP contribution in [-0.2, 0) is 4.79 Å². The van der Waals surface area contributed by atoms with E-state index in [1.807, 2.05) is 26.0 Å². The second-order valence-corrected chi connectivity index (χ2v) is 11.0. The molecule has 4 rings (SSSR count). The summed E-state index contributed by atoms with van der Waals surface area (Å²) in [5.74, 6) is 1.09. The number of fused-ring (bicyclic) bond motifs is 2. The lowest BCUT2D eigenvalue weighted by Gasteiger charge is -2.40. The van der Waals surface area contributed by atoms with Gasteiger partial charge in [0.25, 0.3) is 11.8 Å². The molecule has 7 nitrogen and oxygen atoms in total. The van der Waals surface area contributed by atoms with Gasteiger partial charge in [-0.2, -0.15) is 0 Å². The number of carbonyl (C=O) groups excluding carboxylic acids is 2. The van der Waals surface area contributed by atoms with Crippen molar-refractivity contribution in [1.29, 1.82) is 0 Å². The molecule has 2 N–H and O–H groups in total. The Morgan fingerprint density at radius 1 is 1.09 bits per heavy atom. The second kappa shape index (κ2) is 10.2. The first-order chi connectivity index (χ1) is 16.5. The molecule has 9 heteroatoms. The Labute approximate surface area is 216 Å². The van der Waals surface area contributed by atoms with Gasteiger partial charge in [0.1, 0.15) is 11.6 Å². The fourth-order valence-corrected chi connectivity index (χ4v) is 5.22. The minimum atomic E-state index is -1.07. The first-order valence-electron chi connectivity index (χ1n) is 12.0. The molecular formula is C26H32Cl2N4O3. The number of anilines is 1. The van der Waals surface area contributed by atoms with Crippen LogP contribution in [0.25, 0.3) is 0 Å². The van der Waals surface area contributed by atoms with E-state index in [9.17, 15) is 9.59 Å². The van der Waals surface area contributed by atoms with Crippen LogP contribution in [0.2, 0.25) is 10.0 Å². The number of benzene rings is 1. The molecule has 1 aromatic carbocycles. The smallest absolute Gasteiger partial charge is 0.263 e. The summed E-state index contributed by atoms with van der Waals surface area (Å²) in [6.45, 7) is 7.35. The third-order valence-corrected chi connectivity index (χ3v) is 7.31. The largest absolute Gasteiger partial charge is 0.478 e. The molecule has 0 saturated carbocycles. The maximum atomic E-state index is 13.1. The number of nitrogens with one attached hydrogen (secondary N) is 2. The van der Waals surface area contributed by atoms with Crippen molar-refractivity contribution in [3.05, 3.63) is 52.1 Å². The van der Waals surface area contributed by atoms with Crippen LogP contribution >= 0.6 is 23.2 Å². The number of ether oxygens (including phenoxy) is 1. The SMILES string of the molecule is CC(C)NC(=O)c1ccc(N2C3CCC2CC(NC(=O)C(C)(C)Oc2ccc(Cl)c(Cl)c2)C3)nc1. The molecule has 0 spiro atoms. The number of hydrogen-bond donors (Lipinski definition) is 2. The van der Waals surface area contributed by atoms with Gasteiger partial charge in [0.15, 0.2) is 5.60 Å². The highest BCUT2D eigenvalue weighted by Gasteiger charge is 2.43. The highest BCUT2D eigenvalue weighted by atomic mass is 35.5. The topological polar surface area (TPSA) is 83.6 Å². The Morgan fingerprint density at radius 2 is 1.77 bits per heavy atom. The summed E-state index contributed by atoms with van der Waals surface area (Å²) in [5.41, 5.74) is -0.512.